The van der Waals surface area contributed by atoms with E-state index in [0.29, 0.717) is 17.3 Å². The van der Waals surface area contributed by atoms with Crippen LogP contribution in [0.15, 0.2) is 24.3 Å². The lowest BCUT2D eigenvalue weighted by atomic mass is 10.1. The molecule has 0 aliphatic carbocycles. The van der Waals surface area contributed by atoms with Gasteiger partial charge in [0, 0.05) is 25.3 Å². The highest BCUT2D eigenvalue weighted by atomic mass is 16.2. The number of para-hydroxylation sites is 1. The fraction of sp³-hybridized carbons (Fsp3) is 0.421. The van der Waals surface area contributed by atoms with Crippen LogP contribution < -0.4 is 5.32 Å². The average Bonchev–Trinajstić information content (AvgIpc) is 2.55. The van der Waals surface area contributed by atoms with Crippen molar-refractivity contribution in [2.45, 2.75) is 40.5 Å². The standard InChI is InChI=1S/C19H26N4O/c1-6-7-11-23(5)19(24)16-12-17(21-15(4)20-16)22-18-13(2)9-8-10-14(18)3/h8-10,12H,6-7,11H2,1-5H3,(H,20,21,22). The topological polar surface area (TPSA) is 58.1 Å². The monoisotopic (exact) mass is 326 g/mol. The van der Waals surface area contributed by atoms with E-state index in [0.717, 1.165) is 36.2 Å². The number of nitrogens with one attached hydrogen (secondary N) is 1. The second kappa shape index (κ2) is 7.90. The van der Waals surface area contributed by atoms with E-state index in [4.69, 9.17) is 0 Å². The Hall–Kier alpha value is -2.43. The van der Waals surface area contributed by atoms with E-state index in [2.05, 4.69) is 22.2 Å². The molecule has 0 saturated carbocycles. The molecule has 2 rings (SSSR count). The van der Waals surface area contributed by atoms with Gasteiger partial charge in [0.2, 0.25) is 0 Å². The first-order valence-corrected chi connectivity index (χ1v) is 8.36. The fourth-order valence-electron chi connectivity index (χ4n) is 2.57. The van der Waals surface area contributed by atoms with E-state index < -0.39 is 0 Å². The van der Waals surface area contributed by atoms with Crippen LogP contribution in [0, 0.1) is 20.8 Å². The van der Waals surface area contributed by atoms with Crippen LogP contribution in [0.4, 0.5) is 11.5 Å². The van der Waals surface area contributed by atoms with Crippen LogP contribution in [0.1, 0.15) is 47.2 Å². The second-order valence-electron chi connectivity index (χ2n) is 6.16. The summed E-state index contributed by atoms with van der Waals surface area (Å²) in [6.45, 7) is 8.75. The highest BCUT2D eigenvalue weighted by molar-refractivity contribution is 5.93. The van der Waals surface area contributed by atoms with E-state index in [9.17, 15) is 4.79 Å². The normalized spacial score (nSPS) is 10.5. The Kier molecular flexibility index (Phi) is 5.90. The number of benzene rings is 1. The first-order valence-electron chi connectivity index (χ1n) is 8.36. The molecule has 0 spiro atoms. The molecule has 0 atom stereocenters. The number of aromatic nitrogens is 2. The quantitative estimate of drug-likeness (QED) is 0.871. The zero-order valence-electron chi connectivity index (χ0n) is 15.2. The molecule has 0 aliphatic heterocycles. The minimum atomic E-state index is -0.0708. The van der Waals surface area contributed by atoms with Gasteiger partial charge in [0.05, 0.1) is 0 Å². The Balaban J connectivity index is 2.27. The van der Waals surface area contributed by atoms with Crippen molar-refractivity contribution >= 4 is 17.4 Å². The molecule has 0 aliphatic rings. The van der Waals surface area contributed by atoms with E-state index >= 15 is 0 Å². The molecule has 1 N–H and O–H groups in total. The highest BCUT2D eigenvalue weighted by Crippen LogP contribution is 2.23. The van der Waals surface area contributed by atoms with Crippen molar-refractivity contribution in [1.82, 2.24) is 14.9 Å². The smallest absolute Gasteiger partial charge is 0.272 e. The van der Waals surface area contributed by atoms with Crippen molar-refractivity contribution in [3.8, 4) is 0 Å². The number of nitrogens with zero attached hydrogens (tertiary/aromatic N) is 3. The lowest BCUT2D eigenvalue weighted by molar-refractivity contribution is 0.0787. The summed E-state index contributed by atoms with van der Waals surface area (Å²) in [5.41, 5.74) is 3.72. The summed E-state index contributed by atoms with van der Waals surface area (Å²) in [6.07, 6.45) is 2.04. The maximum atomic E-state index is 12.5. The lowest BCUT2D eigenvalue weighted by Crippen LogP contribution is -2.28. The van der Waals surface area contributed by atoms with Gasteiger partial charge in [-0.15, -0.1) is 0 Å². The Morgan fingerprint density at radius 1 is 1.17 bits per heavy atom. The SMILES string of the molecule is CCCCN(C)C(=O)c1cc(Nc2c(C)cccc2C)nc(C)n1. The number of carbonyl (C=O) groups is 1. The van der Waals surface area contributed by atoms with E-state index in [1.165, 1.54) is 0 Å². The van der Waals surface area contributed by atoms with Crippen molar-refractivity contribution in [2.75, 3.05) is 18.9 Å². The Labute approximate surface area is 144 Å². The predicted octanol–water partition coefficient (Wildman–Crippen LogP) is 4.02. The maximum Gasteiger partial charge on any atom is 0.272 e. The van der Waals surface area contributed by atoms with Gasteiger partial charge >= 0.3 is 0 Å². The third kappa shape index (κ3) is 4.31. The van der Waals surface area contributed by atoms with Crippen LogP contribution in [0.5, 0.6) is 0 Å². The fourth-order valence-corrected chi connectivity index (χ4v) is 2.57. The van der Waals surface area contributed by atoms with Crippen LogP contribution in [-0.4, -0.2) is 34.4 Å². The largest absolute Gasteiger partial charge is 0.340 e. The summed E-state index contributed by atoms with van der Waals surface area (Å²) in [4.78, 5) is 23.0. The number of aryl methyl sites for hydroxylation is 3. The van der Waals surface area contributed by atoms with Crippen LogP contribution in [0.2, 0.25) is 0 Å². The Morgan fingerprint density at radius 3 is 2.46 bits per heavy atom. The number of hydrogen-bond donors (Lipinski definition) is 1. The van der Waals surface area contributed by atoms with Gasteiger partial charge in [-0.05, 0) is 38.3 Å². The number of carbonyl (C=O) groups excluding carboxylic acids is 1. The molecule has 24 heavy (non-hydrogen) atoms. The van der Waals surface area contributed by atoms with Gasteiger partial charge in [0.15, 0.2) is 0 Å². The number of anilines is 2. The molecule has 0 fully saturated rings. The molecule has 1 aromatic heterocycles. The predicted molar refractivity (Wildman–Crippen MR) is 97.8 cm³/mol. The summed E-state index contributed by atoms with van der Waals surface area (Å²) in [6, 6.07) is 7.85. The van der Waals surface area contributed by atoms with Gasteiger partial charge in [-0.2, -0.15) is 0 Å². The molecule has 128 valence electrons. The van der Waals surface area contributed by atoms with Crippen LogP contribution >= 0.6 is 0 Å². The lowest BCUT2D eigenvalue weighted by Gasteiger charge is -2.17. The zero-order valence-corrected chi connectivity index (χ0v) is 15.2. The first-order chi connectivity index (χ1) is 11.4. The third-order valence-electron chi connectivity index (χ3n) is 3.99. The van der Waals surface area contributed by atoms with Crippen molar-refractivity contribution < 1.29 is 4.79 Å². The highest BCUT2D eigenvalue weighted by Gasteiger charge is 2.15. The molecular formula is C19H26N4O. The van der Waals surface area contributed by atoms with Gasteiger partial charge in [-0.3, -0.25) is 4.79 Å². The van der Waals surface area contributed by atoms with E-state index in [1.807, 2.05) is 39.1 Å². The molecule has 0 unspecified atom stereocenters. The second-order valence-corrected chi connectivity index (χ2v) is 6.16. The van der Waals surface area contributed by atoms with Crippen molar-refractivity contribution in [1.29, 1.82) is 0 Å². The van der Waals surface area contributed by atoms with Gasteiger partial charge in [0.25, 0.3) is 5.91 Å². The van der Waals surface area contributed by atoms with Gasteiger partial charge in [-0.1, -0.05) is 31.5 Å². The van der Waals surface area contributed by atoms with Gasteiger partial charge in [0.1, 0.15) is 17.3 Å². The molecule has 0 bridgehead atoms. The van der Waals surface area contributed by atoms with Crippen molar-refractivity contribution in [2.24, 2.45) is 0 Å². The third-order valence-corrected chi connectivity index (χ3v) is 3.99. The summed E-state index contributed by atoms with van der Waals surface area (Å²) < 4.78 is 0. The summed E-state index contributed by atoms with van der Waals surface area (Å²) in [7, 11) is 1.81. The molecule has 5 nitrogen and oxygen atoms in total. The molecule has 5 heteroatoms. The zero-order chi connectivity index (χ0) is 17.7. The molecule has 1 aromatic carbocycles. The molecule has 1 amide bonds. The minimum Gasteiger partial charge on any atom is -0.340 e. The Morgan fingerprint density at radius 2 is 1.83 bits per heavy atom. The summed E-state index contributed by atoms with van der Waals surface area (Å²) in [5, 5.41) is 3.34. The molecule has 0 radical (unpaired) electrons. The number of rotatable bonds is 6. The average molecular weight is 326 g/mol. The molecule has 0 saturated heterocycles. The maximum absolute atomic E-state index is 12.5. The first kappa shape index (κ1) is 17.9. The molecule has 2 aromatic rings. The van der Waals surface area contributed by atoms with Crippen LogP contribution in [0.3, 0.4) is 0 Å². The van der Waals surface area contributed by atoms with Crippen LogP contribution in [-0.2, 0) is 0 Å². The summed E-state index contributed by atoms with van der Waals surface area (Å²) in [5.74, 6) is 1.16. The van der Waals surface area contributed by atoms with Gasteiger partial charge in [-0.25, -0.2) is 9.97 Å². The number of unbranched alkanes of at least 4 members (excludes halogenated alkanes) is 1. The van der Waals surface area contributed by atoms with Gasteiger partial charge < -0.3 is 10.2 Å². The van der Waals surface area contributed by atoms with Crippen molar-refractivity contribution in [3.63, 3.8) is 0 Å². The number of hydrogen-bond acceptors (Lipinski definition) is 4. The van der Waals surface area contributed by atoms with E-state index in [1.54, 1.807) is 17.9 Å². The van der Waals surface area contributed by atoms with Crippen LogP contribution in [0.25, 0.3) is 0 Å². The minimum absolute atomic E-state index is 0.0708. The Bertz CT molecular complexity index is 707. The number of amides is 1. The molecular weight excluding hydrogens is 300 g/mol. The molecule has 1 heterocycles. The van der Waals surface area contributed by atoms with E-state index in [-0.39, 0.29) is 5.91 Å². The van der Waals surface area contributed by atoms with Crippen molar-refractivity contribution in [3.05, 3.63) is 46.9 Å². The summed E-state index contributed by atoms with van der Waals surface area (Å²) >= 11 is 0.